The first-order valence-electron chi connectivity index (χ1n) is 7.77. The quantitative estimate of drug-likeness (QED) is 0.481. The van der Waals surface area contributed by atoms with Crippen LogP contribution in [0.2, 0.25) is 0 Å². The van der Waals surface area contributed by atoms with Crippen LogP contribution in [0.1, 0.15) is 5.89 Å². The Kier molecular flexibility index (Phi) is 4.61. The number of thioether (sulfide) groups is 1. The van der Waals surface area contributed by atoms with Crippen molar-refractivity contribution < 1.29 is 9.26 Å². The minimum Gasteiger partial charge on any atom is -0.497 e. The lowest BCUT2D eigenvalue weighted by Crippen LogP contribution is -1.98. The molecular weight excluding hydrogens is 352 g/mol. The molecule has 2 aromatic carbocycles. The van der Waals surface area contributed by atoms with Crippen molar-refractivity contribution >= 4 is 11.8 Å². The van der Waals surface area contributed by atoms with Crippen molar-refractivity contribution in [1.29, 1.82) is 0 Å². The third kappa shape index (κ3) is 3.42. The highest BCUT2D eigenvalue weighted by Crippen LogP contribution is 2.25. The fourth-order valence-corrected chi connectivity index (χ4v) is 3.05. The topological polar surface area (TPSA) is 91.8 Å². The molecule has 0 aliphatic carbocycles. The lowest BCUT2D eigenvalue weighted by molar-refractivity contribution is 0.391. The van der Waals surface area contributed by atoms with Crippen molar-refractivity contribution in [3.63, 3.8) is 0 Å². The Balaban J connectivity index is 1.48. The van der Waals surface area contributed by atoms with E-state index in [1.807, 2.05) is 54.6 Å². The summed E-state index contributed by atoms with van der Waals surface area (Å²) in [7, 11) is 1.62. The van der Waals surface area contributed by atoms with E-state index in [0.717, 1.165) is 17.0 Å². The average molecular weight is 366 g/mol. The molecule has 0 radical (unpaired) electrons. The van der Waals surface area contributed by atoms with Gasteiger partial charge in [-0.15, -0.1) is 5.10 Å². The molecule has 0 spiro atoms. The maximum Gasteiger partial charge on any atom is 0.237 e. The van der Waals surface area contributed by atoms with E-state index < -0.39 is 0 Å². The van der Waals surface area contributed by atoms with Gasteiger partial charge in [-0.2, -0.15) is 9.67 Å². The second-order valence-electron chi connectivity index (χ2n) is 5.24. The summed E-state index contributed by atoms with van der Waals surface area (Å²) < 4.78 is 12.2. The second kappa shape index (κ2) is 7.36. The largest absolute Gasteiger partial charge is 0.497 e. The molecule has 130 valence electrons. The Morgan fingerprint density at radius 2 is 2.00 bits per heavy atom. The van der Waals surface area contributed by atoms with E-state index in [0.29, 0.717) is 22.6 Å². The predicted molar refractivity (Wildman–Crippen MR) is 95.0 cm³/mol. The highest BCUT2D eigenvalue weighted by atomic mass is 32.2. The molecule has 26 heavy (non-hydrogen) atoms. The van der Waals surface area contributed by atoms with Crippen LogP contribution in [-0.2, 0) is 5.75 Å². The average Bonchev–Trinajstić information content (AvgIpc) is 3.36. The zero-order chi connectivity index (χ0) is 17.8. The van der Waals surface area contributed by atoms with Gasteiger partial charge >= 0.3 is 0 Å². The molecule has 0 atom stereocenters. The first-order valence-corrected chi connectivity index (χ1v) is 8.75. The van der Waals surface area contributed by atoms with Gasteiger partial charge in [-0.3, -0.25) is 0 Å². The molecule has 0 unspecified atom stereocenters. The van der Waals surface area contributed by atoms with E-state index in [2.05, 4.69) is 25.7 Å². The standard InChI is InChI=1S/C17H14N6O2S/c1-24-14-9-5-6-12(10-14)16-18-15(25-20-16)11-26-17-19-21-22-23(17)13-7-3-2-4-8-13/h2-10H,11H2,1H3. The summed E-state index contributed by atoms with van der Waals surface area (Å²) in [5, 5.41) is 16.5. The van der Waals surface area contributed by atoms with Crippen molar-refractivity contribution in [1.82, 2.24) is 30.3 Å². The van der Waals surface area contributed by atoms with Gasteiger partial charge < -0.3 is 9.26 Å². The van der Waals surface area contributed by atoms with E-state index in [4.69, 9.17) is 9.26 Å². The van der Waals surface area contributed by atoms with E-state index in [9.17, 15) is 0 Å². The van der Waals surface area contributed by atoms with Crippen molar-refractivity contribution in [2.45, 2.75) is 10.9 Å². The minimum absolute atomic E-state index is 0.462. The van der Waals surface area contributed by atoms with Gasteiger partial charge in [-0.25, -0.2) is 0 Å². The van der Waals surface area contributed by atoms with Gasteiger partial charge in [0.25, 0.3) is 0 Å². The molecule has 0 N–H and O–H groups in total. The van der Waals surface area contributed by atoms with E-state index >= 15 is 0 Å². The zero-order valence-electron chi connectivity index (χ0n) is 13.8. The van der Waals surface area contributed by atoms with Gasteiger partial charge in [-0.1, -0.05) is 47.3 Å². The van der Waals surface area contributed by atoms with E-state index in [1.165, 1.54) is 11.8 Å². The monoisotopic (exact) mass is 366 g/mol. The van der Waals surface area contributed by atoms with E-state index in [-0.39, 0.29) is 0 Å². The van der Waals surface area contributed by atoms with Crippen LogP contribution in [0.5, 0.6) is 5.75 Å². The van der Waals surface area contributed by atoms with Crippen LogP contribution in [0.25, 0.3) is 17.1 Å². The summed E-state index contributed by atoms with van der Waals surface area (Å²) in [5.74, 6) is 2.22. The molecule has 2 heterocycles. The maximum absolute atomic E-state index is 5.34. The SMILES string of the molecule is COc1cccc(-c2noc(CSc3nnnn3-c3ccccc3)n2)c1. The fraction of sp³-hybridized carbons (Fsp3) is 0.118. The molecule has 4 rings (SSSR count). The number of nitrogens with zero attached hydrogens (tertiary/aromatic N) is 6. The van der Waals surface area contributed by atoms with Gasteiger partial charge in [-0.05, 0) is 34.7 Å². The number of methoxy groups -OCH3 is 1. The van der Waals surface area contributed by atoms with Gasteiger partial charge in [0.1, 0.15) is 5.75 Å². The summed E-state index contributed by atoms with van der Waals surface area (Å²) in [4.78, 5) is 4.43. The summed E-state index contributed by atoms with van der Waals surface area (Å²) in [6.07, 6.45) is 0. The molecule has 0 aliphatic rings. The fourth-order valence-electron chi connectivity index (χ4n) is 2.32. The molecule has 0 fully saturated rings. The molecular formula is C17H14N6O2S. The van der Waals surface area contributed by atoms with Crippen LogP contribution in [0.15, 0.2) is 64.3 Å². The normalized spacial score (nSPS) is 10.8. The van der Waals surface area contributed by atoms with Crippen molar-refractivity contribution in [3.8, 4) is 22.8 Å². The van der Waals surface area contributed by atoms with Crippen molar-refractivity contribution in [2.75, 3.05) is 7.11 Å². The molecule has 0 bridgehead atoms. The van der Waals surface area contributed by atoms with Gasteiger partial charge in [0.2, 0.25) is 16.9 Å². The highest BCUT2D eigenvalue weighted by molar-refractivity contribution is 7.98. The minimum atomic E-state index is 0.462. The summed E-state index contributed by atoms with van der Waals surface area (Å²) >= 11 is 1.42. The number of para-hydroxylation sites is 1. The summed E-state index contributed by atoms with van der Waals surface area (Å²) in [6, 6.07) is 17.2. The first kappa shape index (κ1) is 16.3. The summed E-state index contributed by atoms with van der Waals surface area (Å²) in [6.45, 7) is 0. The number of tetrazole rings is 1. The predicted octanol–water partition coefficient (Wildman–Crippen LogP) is 3.01. The number of aromatic nitrogens is 6. The smallest absolute Gasteiger partial charge is 0.237 e. The van der Waals surface area contributed by atoms with Crippen molar-refractivity contribution in [2.24, 2.45) is 0 Å². The number of hydrogen-bond donors (Lipinski definition) is 0. The van der Waals surface area contributed by atoms with Crippen molar-refractivity contribution in [3.05, 3.63) is 60.5 Å². The van der Waals surface area contributed by atoms with Crippen LogP contribution < -0.4 is 4.74 Å². The van der Waals surface area contributed by atoms with Crippen LogP contribution in [-0.4, -0.2) is 37.5 Å². The third-order valence-corrected chi connectivity index (χ3v) is 4.47. The third-order valence-electron chi connectivity index (χ3n) is 3.56. The molecule has 9 heteroatoms. The van der Waals surface area contributed by atoms with Crippen LogP contribution in [0.4, 0.5) is 0 Å². The maximum atomic E-state index is 5.34. The number of hydrogen-bond acceptors (Lipinski definition) is 8. The number of benzene rings is 2. The molecule has 0 saturated carbocycles. The van der Waals surface area contributed by atoms with Gasteiger partial charge in [0.05, 0.1) is 18.6 Å². The molecule has 0 aliphatic heterocycles. The zero-order valence-corrected chi connectivity index (χ0v) is 14.6. The van der Waals surface area contributed by atoms with Crippen LogP contribution in [0, 0.1) is 0 Å². The lowest BCUT2D eigenvalue weighted by Gasteiger charge is -2.02. The Hall–Kier alpha value is -3.20. The molecule has 4 aromatic rings. The second-order valence-corrected chi connectivity index (χ2v) is 6.18. The molecule has 8 nitrogen and oxygen atoms in total. The first-order chi connectivity index (χ1) is 12.8. The Bertz CT molecular complexity index is 1000. The number of rotatable bonds is 6. The van der Waals surface area contributed by atoms with E-state index in [1.54, 1.807) is 11.8 Å². The van der Waals surface area contributed by atoms with Gasteiger partial charge in [0, 0.05) is 5.56 Å². The van der Waals surface area contributed by atoms with Crippen LogP contribution >= 0.6 is 11.8 Å². The molecule has 0 amide bonds. The highest BCUT2D eigenvalue weighted by Gasteiger charge is 2.13. The van der Waals surface area contributed by atoms with Crippen LogP contribution in [0.3, 0.4) is 0 Å². The lowest BCUT2D eigenvalue weighted by atomic mass is 10.2. The molecule has 2 aromatic heterocycles. The number of ether oxygens (including phenoxy) is 1. The summed E-state index contributed by atoms with van der Waals surface area (Å²) in [5.41, 5.74) is 1.72. The Labute approximate surface area is 153 Å². The Morgan fingerprint density at radius 3 is 2.85 bits per heavy atom. The Morgan fingerprint density at radius 1 is 1.12 bits per heavy atom. The molecule has 0 saturated heterocycles. The van der Waals surface area contributed by atoms with Gasteiger partial charge in [0.15, 0.2) is 0 Å².